The Morgan fingerprint density at radius 2 is 1.48 bits per heavy atom. The largest absolute Gasteiger partial charge is 0.349 e. The lowest BCUT2D eigenvalue weighted by atomic mass is 9.94. The van der Waals surface area contributed by atoms with Crippen LogP contribution in [0.2, 0.25) is 0 Å². The van der Waals surface area contributed by atoms with E-state index in [1.807, 2.05) is 0 Å². The smallest absolute Gasteiger partial charge is 0.0957 e. The summed E-state index contributed by atoms with van der Waals surface area (Å²) in [6.45, 7) is 1.00. The van der Waals surface area contributed by atoms with E-state index in [0.717, 1.165) is 6.67 Å². The van der Waals surface area contributed by atoms with Crippen LogP contribution in [0.15, 0.2) is 42.5 Å². The third-order valence-electron chi connectivity index (χ3n) is 5.78. The van der Waals surface area contributed by atoms with Crippen molar-refractivity contribution in [3.05, 3.63) is 42.5 Å². The molecule has 0 bridgehead atoms. The molecule has 0 radical (unpaired) electrons. The molecule has 23 heavy (non-hydrogen) atoms. The molecule has 0 aromatic heterocycles. The van der Waals surface area contributed by atoms with E-state index >= 15 is 0 Å². The highest BCUT2D eigenvalue weighted by molar-refractivity contribution is 6.01. The lowest BCUT2D eigenvalue weighted by Crippen LogP contribution is -2.39. The van der Waals surface area contributed by atoms with E-state index in [-0.39, 0.29) is 0 Å². The Labute approximate surface area is 138 Å². The molecule has 2 aliphatic heterocycles. The van der Waals surface area contributed by atoms with Gasteiger partial charge in [-0.05, 0) is 37.1 Å². The van der Waals surface area contributed by atoms with Crippen LogP contribution in [0.5, 0.6) is 0 Å². The average Bonchev–Trinajstić information content (AvgIpc) is 3.01. The number of hydrogen-bond donors (Lipinski definition) is 0. The minimum absolute atomic E-state index is 0.707. The van der Waals surface area contributed by atoms with Gasteiger partial charge in [0.1, 0.15) is 0 Å². The summed E-state index contributed by atoms with van der Waals surface area (Å²) in [6, 6.07) is 16.3. The fourth-order valence-corrected chi connectivity index (χ4v) is 4.61. The molecule has 3 aliphatic rings. The van der Waals surface area contributed by atoms with Gasteiger partial charge in [0.2, 0.25) is 0 Å². The summed E-state index contributed by atoms with van der Waals surface area (Å²) in [7, 11) is 2.19. The van der Waals surface area contributed by atoms with Crippen molar-refractivity contribution >= 4 is 28.4 Å². The normalized spacial score (nSPS) is 19.8. The molecule has 118 valence electrons. The number of anilines is 5. The molecule has 0 N–H and O–H groups in total. The number of nitrogens with zero attached hydrogens (tertiary/aromatic N) is 3. The lowest BCUT2D eigenvalue weighted by Gasteiger charge is -2.35. The molecule has 2 aromatic rings. The van der Waals surface area contributed by atoms with Crippen LogP contribution in [0.1, 0.15) is 32.1 Å². The van der Waals surface area contributed by atoms with E-state index in [1.54, 1.807) is 0 Å². The Kier molecular flexibility index (Phi) is 2.84. The predicted molar refractivity (Wildman–Crippen MR) is 97.3 cm³/mol. The quantitative estimate of drug-likeness (QED) is 0.732. The van der Waals surface area contributed by atoms with Crippen LogP contribution in [0.3, 0.4) is 0 Å². The molecule has 1 saturated carbocycles. The molecule has 0 saturated heterocycles. The molecule has 5 rings (SSSR count). The molecule has 3 nitrogen and oxygen atoms in total. The molecular weight excluding hydrogens is 282 g/mol. The van der Waals surface area contributed by atoms with Crippen molar-refractivity contribution in [1.29, 1.82) is 0 Å². The topological polar surface area (TPSA) is 9.72 Å². The highest BCUT2D eigenvalue weighted by Crippen LogP contribution is 2.55. The molecular formula is C20H23N3. The first kappa shape index (κ1) is 13.3. The second-order valence-electron chi connectivity index (χ2n) is 7.02. The Balaban J connectivity index is 1.65. The maximum absolute atomic E-state index is 2.66. The second-order valence-corrected chi connectivity index (χ2v) is 7.02. The van der Waals surface area contributed by atoms with Gasteiger partial charge in [0.05, 0.1) is 35.1 Å². The van der Waals surface area contributed by atoms with Crippen LogP contribution < -0.4 is 14.7 Å². The van der Waals surface area contributed by atoms with Gasteiger partial charge in [-0.25, -0.2) is 0 Å². The summed E-state index contributed by atoms with van der Waals surface area (Å²) < 4.78 is 0. The molecule has 1 aliphatic carbocycles. The Bertz CT molecular complexity index is 748. The molecule has 1 fully saturated rings. The fraction of sp³-hybridized carbons (Fsp3) is 0.400. The third-order valence-corrected chi connectivity index (χ3v) is 5.78. The summed E-state index contributed by atoms with van der Waals surface area (Å²) >= 11 is 0. The molecule has 0 amide bonds. The van der Waals surface area contributed by atoms with Gasteiger partial charge in [-0.15, -0.1) is 0 Å². The van der Waals surface area contributed by atoms with E-state index in [0.29, 0.717) is 6.04 Å². The standard InChI is InChI=1S/C20H23N3/c1-21-16-10-5-6-11-17(16)23-14-22(15-8-3-2-4-9-15)19-13-7-12-18(21)20(19)23/h5-7,10-13,15H,2-4,8-9,14H2,1H3. The van der Waals surface area contributed by atoms with Crippen LogP contribution in [0.25, 0.3) is 0 Å². The van der Waals surface area contributed by atoms with E-state index in [4.69, 9.17) is 0 Å². The van der Waals surface area contributed by atoms with Crippen molar-refractivity contribution in [3.8, 4) is 0 Å². The van der Waals surface area contributed by atoms with Crippen LogP contribution >= 0.6 is 0 Å². The predicted octanol–water partition coefficient (Wildman–Crippen LogP) is 5.02. The summed E-state index contributed by atoms with van der Waals surface area (Å²) in [5.74, 6) is 0. The molecule has 2 heterocycles. The minimum Gasteiger partial charge on any atom is -0.349 e. The molecule has 0 spiro atoms. The van der Waals surface area contributed by atoms with Gasteiger partial charge < -0.3 is 14.7 Å². The Hall–Kier alpha value is -2.16. The van der Waals surface area contributed by atoms with Gasteiger partial charge >= 0.3 is 0 Å². The third kappa shape index (κ3) is 1.82. The van der Waals surface area contributed by atoms with Crippen molar-refractivity contribution in [2.75, 3.05) is 28.4 Å². The zero-order valence-corrected chi connectivity index (χ0v) is 13.7. The summed E-state index contributed by atoms with van der Waals surface area (Å²) in [4.78, 5) is 7.53. The van der Waals surface area contributed by atoms with Crippen LogP contribution in [0, 0.1) is 0 Å². The summed E-state index contributed by atoms with van der Waals surface area (Å²) in [5, 5.41) is 0. The van der Waals surface area contributed by atoms with Crippen molar-refractivity contribution in [1.82, 2.24) is 0 Å². The summed E-state index contributed by atoms with van der Waals surface area (Å²) in [6.07, 6.45) is 6.86. The lowest BCUT2D eigenvalue weighted by molar-refractivity contribution is 0.420. The highest BCUT2D eigenvalue weighted by Gasteiger charge is 2.38. The SMILES string of the molecule is CN1c2ccccc2N2CN(C3CCCCC3)c3cccc1c32. The first-order valence-corrected chi connectivity index (χ1v) is 8.84. The number of fused-ring (bicyclic) bond motifs is 2. The monoisotopic (exact) mass is 305 g/mol. The van der Waals surface area contributed by atoms with Crippen molar-refractivity contribution in [2.45, 2.75) is 38.1 Å². The van der Waals surface area contributed by atoms with Gasteiger partial charge in [0, 0.05) is 13.1 Å². The first-order valence-electron chi connectivity index (χ1n) is 8.84. The van der Waals surface area contributed by atoms with Gasteiger partial charge in [-0.1, -0.05) is 37.5 Å². The maximum Gasteiger partial charge on any atom is 0.0957 e. The molecule has 3 heteroatoms. The van der Waals surface area contributed by atoms with Crippen molar-refractivity contribution in [3.63, 3.8) is 0 Å². The van der Waals surface area contributed by atoms with E-state index in [9.17, 15) is 0 Å². The number of hydrogen-bond acceptors (Lipinski definition) is 3. The zero-order chi connectivity index (χ0) is 15.4. The van der Waals surface area contributed by atoms with E-state index in [2.05, 4.69) is 64.2 Å². The first-order chi connectivity index (χ1) is 11.3. The van der Waals surface area contributed by atoms with Gasteiger partial charge in [-0.3, -0.25) is 0 Å². The number of benzene rings is 2. The fourth-order valence-electron chi connectivity index (χ4n) is 4.61. The number of rotatable bonds is 1. The second kappa shape index (κ2) is 4.92. The molecule has 0 atom stereocenters. The van der Waals surface area contributed by atoms with E-state index < -0.39 is 0 Å². The molecule has 0 unspecified atom stereocenters. The van der Waals surface area contributed by atoms with Crippen LogP contribution in [-0.2, 0) is 0 Å². The highest BCUT2D eigenvalue weighted by atomic mass is 15.4. The molecule has 2 aromatic carbocycles. The average molecular weight is 305 g/mol. The zero-order valence-electron chi connectivity index (χ0n) is 13.7. The van der Waals surface area contributed by atoms with Crippen LogP contribution in [0.4, 0.5) is 28.4 Å². The van der Waals surface area contributed by atoms with Gasteiger partial charge in [-0.2, -0.15) is 0 Å². The Morgan fingerprint density at radius 3 is 2.30 bits per heavy atom. The van der Waals surface area contributed by atoms with E-state index in [1.165, 1.54) is 60.5 Å². The number of para-hydroxylation sites is 3. The van der Waals surface area contributed by atoms with Crippen molar-refractivity contribution in [2.24, 2.45) is 0 Å². The van der Waals surface area contributed by atoms with Gasteiger partial charge in [0.15, 0.2) is 0 Å². The maximum atomic E-state index is 2.66. The Morgan fingerprint density at radius 1 is 0.783 bits per heavy atom. The van der Waals surface area contributed by atoms with Crippen molar-refractivity contribution < 1.29 is 0 Å². The summed E-state index contributed by atoms with van der Waals surface area (Å²) in [5.41, 5.74) is 6.81. The minimum atomic E-state index is 0.707. The van der Waals surface area contributed by atoms with Crippen LogP contribution in [-0.4, -0.2) is 19.8 Å². The van der Waals surface area contributed by atoms with Gasteiger partial charge in [0.25, 0.3) is 0 Å².